The fraction of sp³-hybridized carbons (Fsp3) is 0.211. The number of benzene rings is 1. The third kappa shape index (κ3) is 2.58. The number of anilines is 1. The summed E-state index contributed by atoms with van der Waals surface area (Å²) in [6.07, 6.45) is 7.38. The fourth-order valence-corrected chi connectivity index (χ4v) is 2.94. The van der Waals surface area contributed by atoms with E-state index in [9.17, 15) is 0 Å². The molecule has 0 bridgehead atoms. The lowest BCUT2D eigenvalue weighted by molar-refractivity contribution is 0.611. The van der Waals surface area contributed by atoms with Crippen molar-refractivity contribution in [3.05, 3.63) is 77.9 Å². The summed E-state index contributed by atoms with van der Waals surface area (Å²) in [4.78, 5) is 8.54. The first-order valence-electron chi connectivity index (χ1n) is 8.11. The van der Waals surface area contributed by atoms with Gasteiger partial charge >= 0.3 is 0 Å². The van der Waals surface area contributed by atoms with Crippen LogP contribution >= 0.6 is 0 Å². The second kappa shape index (κ2) is 5.92. The molecule has 3 aromatic rings. The van der Waals surface area contributed by atoms with Crippen molar-refractivity contribution in [2.45, 2.75) is 25.8 Å². The SMILES string of the molecule is CC(C)c1ccc(C2C=C(c3cccnc3)Nc3ncnn32)cc1. The molecule has 1 aliphatic heterocycles. The van der Waals surface area contributed by atoms with Crippen LogP contribution in [-0.2, 0) is 0 Å². The average Bonchev–Trinajstić information content (AvgIpc) is 3.10. The molecule has 4 rings (SSSR count). The van der Waals surface area contributed by atoms with Crippen LogP contribution in [0.3, 0.4) is 0 Å². The maximum absolute atomic E-state index is 4.38. The van der Waals surface area contributed by atoms with Gasteiger partial charge in [-0.05, 0) is 35.3 Å². The first kappa shape index (κ1) is 14.6. The van der Waals surface area contributed by atoms with E-state index in [0.717, 1.165) is 17.2 Å². The molecule has 1 N–H and O–H groups in total. The molecule has 5 nitrogen and oxygen atoms in total. The van der Waals surface area contributed by atoms with Crippen LogP contribution in [0.5, 0.6) is 0 Å². The quantitative estimate of drug-likeness (QED) is 0.797. The summed E-state index contributed by atoms with van der Waals surface area (Å²) in [5.41, 5.74) is 4.56. The van der Waals surface area contributed by atoms with E-state index in [1.165, 1.54) is 11.1 Å². The highest BCUT2D eigenvalue weighted by molar-refractivity contribution is 5.76. The zero-order chi connectivity index (χ0) is 16.5. The molecule has 1 atom stereocenters. The number of hydrogen-bond acceptors (Lipinski definition) is 4. The van der Waals surface area contributed by atoms with Crippen LogP contribution < -0.4 is 5.32 Å². The van der Waals surface area contributed by atoms with Gasteiger partial charge in [-0.2, -0.15) is 10.1 Å². The average molecular weight is 317 g/mol. The van der Waals surface area contributed by atoms with Gasteiger partial charge in [0.1, 0.15) is 12.4 Å². The van der Waals surface area contributed by atoms with Gasteiger partial charge in [0, 0.05) is 23.7 Å². The van der Waals surface area contributed by atoms with Gasteiger partial charge in [-0.3, -0.25) is 4.98 Å². The van der Waals surface area contributed by atoms with Crippen LogP contribution in [-0.4, -0.2) is 19.7 Å². The number of aromatic nitrogens is 4. The second-order valence-corrected chi connectivity index (χ2v) is 6.24. The molecule has 120 valence electrons. The van der Waals surface area contributed by atoms with E-state index in [4.69, 9.17) is 0 Å². The van der Waals surface area contributed by atoms with Gasteiger partial charge in [0.15, 0.2) is 0 Å². The van der Waals surface area contributed by atoms with Crippen molar-refractivity contribution in [2.75, 3.05) is 5.32 Å². The molecule has 5 heteroatoms. The van der Waals surface area contributed by atoms with E-state index in [1.807, 2.05) is 23.0 Å². The molecule has 3 heterocycles. The van der Waals surface area contributed by atoms with Gasteiger partial charge in [0.25, 0.3) is 0 Å². The molecular weight excluding hydrogens is 298 g/mol. The topological polar surface area (TPSA) is 55.6 Å². The molecule has 1 unspecified atom stereocenters. The Kier molecular flexibility index (Phi) is 3.61. The zero-order valence-electron chi connectivity index (χ0n) is 13.7. The van der Waals surface area contributed by atoms with Crippen molar-refractivity contribution in [1.82, 2.24) is 19.7 Å². The van der Waals surface area contributed by atoms with Crippen LogP contribution in [0.25, 0.3) is 5.70 Å². The summed E-state index contributed by atoms with van der Waals surface area (Å²) in [7, 11) is 0. The van der Waals surface area contributed by atoms with Crippen LogP contribution in [0.4, 0.5) is 5.95 Å². The van der Waals surface area contributed by atoms with Gasteiger partial charge in [0.2, 0.25) is 5.95 Å². The summed E-state index contributed by atoms with van der Waals surface area (Å²) >= 11 is 0. The summed E-state index contributed by atoms with van der Waals surface area (Å²) < 4.78 is 1.91. The van der Waals surface area contributed by atoms with Crippen LogP contribution in [0.1, 0.15) is 42.5 Å². The zero-order valence-corrected chi connectivity index (χ0v) is 13.7. The van der Waals surface area contributed by atoms with Crippen molar-refractivity contribution in [3.63, 3.8) is 0 Å². The van der Waals surface area contributed by atoms with Crippen molar-refractivity contribution in [2.24, 2.45) is 0 Å². The molecule has 2 aromatic heterocycles. The molecule has 0 saturated carbocycles. The lowest BCUT2D eigenvalue weighted by atomic mass is 9.97. The summed E-state index contributed by atoms with van der Waals surface area (Å²) in [6, 6.07) is 12.7. The molecule has 0 amide bonds. The van der Waals surface area contributed by atoms with Crippen LogP contribution in [0.15, 0.2) is 61.2 Å². The summed E-state index contributed by atoms with van der Waals surface area (Å²) in [5.74, 6) is 1.27. The highest BCUT2D eigenvalue weighted by Crippen LogP contribution is 2.32. The van der Waals surface area contributed by atoms with Gasteiger partial charge in [-0.1, -0.05) is 38.1 Å². The van der Waals surface area contributed by atoms with Gasteiger partial charge in [-0.25, -0.2) is 4.68 Å². The number of pyridine rings is 1. The van der Waals surface area contributed by atoms with E-state index in [1.54, 1.807) is 12.5 Å². The molecule has 1 aliphatic rings. The Morgan fingerprint density at radius 3 is 2.67 bits per heavy atom. The number of nitrogens with one attached hydrogen (secondary N) is 1. The number of hydrogen-bond donors (Lipinski definition) is 1. The Morgan fingerprint density at radius 1 is 1.12 bits per heavy atom. The molecule has 0 radical (unpaired) electrons. The standard InChI is InChI=1S/C19H19N5/c1-13(2)14-5-7-15(8-6-14)18-10-17(16-4-3-9-20-11-16)23-19-21-12-22-24(18)19/h3-13,18H,1-2H3,(H,21,22,23). The predicted molar refractivity (Wildman–Crippen MR) is 94.5 cm³/mol. The second-order valence-electron chi connectivity index (χ2n) is 6.24. The Bertz CT molecular complexity index is 862. The highest BCUT2D eigenvalue weighted by atomic mass is 15.4. The van der Waals surface area contributed by atoms with Gasteiger partial charge in [-0.15, -0.1) is 0 Å². The number of nitrogens with zero attached hydrogens (tertiary/aromatic N) is 4. The Hall–Kier alpha value is -2.95. The van der Waals surface area contributed by atoms with E-state index in [0.29, 0.717) is 5.92 Å². The van der Waals surface area contributed by atoms with E-state index >= 15 is 0 Å². The third-order valence-corrected chi connectivity index (χ3v) is 4.32. The molecule has 0 fully saturated rings. The van der Waals surface area contributed by atoms with E-state index in [-0.39, 0.29) is 6.04 Å². The molecule has 24 heavy (non-hydrogen) atoms. The number of allylic oxidation sites excluding steroid dienone is 1. The molecule has 0 saturated heterocycles. The minimum absolute atomic E-state index is 0.0140. The molecule has 0 aliphatic carbocycles. The maximum atomic E-state index is 4.38. The molecule has 1 aromatic carbocycles. The lowest BCUT2D eigenvalue weighted by Gasteiger charge is -2.24. The smallest absolute Gasteiger partial charge is 0.226 e. The Labute approximate surface area is 141 Å². The van der Waals surface area contributed by atoms with E-state index in [2.05, 4.69) is 64.6 Å². The van der Waals surface area contributed by atoms with Crippen molar-refractivity contribution < 1.29 is 0 Å². The minimum Gasteiger partial charge on any atom is -0.324 e. The monoisotopic (exact) mass is 317 g/mol. The highest BCUT2D eigenvalue weighted by Gasteiger charge is 2.23. The Balaban J connectivity index is 1.76. The maximum Gasteiger partial charge on any atom is 0.226 e. The first-order valence-corrected chi connectivity index (χ1v) is 8.11. The normalized spacial score (nSPS) is 16.5. The van der Waals surface area contributed by atoms with Crippen LogP contribution in [0.2, 0.25) is 0 Å². The fourth-order valence-electron chi connectivity index (χ4n) is 2.94. The molecule has 0 spiro atoms. The first-order chi connectivity index (χ1) is 11.7. The van der Waals surface area contributed by atoms with Gasteiger partial charge < -0.3 is 5.32 Å². The Morgan fingerprint density at radius 2 is 1.96 bits per heavy atom. The molecular formula is C19H19N5. The van der Waals surface area contributed by atoms with Crippen molar-refractivity contribution in [1.29, 1.82) is 0 Å². The predicted octanol–water partition coefficient (Wildman–Crippen LogP) is 3.85. The summed E-state index contributed by atoms with van der Waals surface area (Å²) in [5, 5.41) is 7.72. The number of rotatable bonds is 3. The lowest BCUT2D eigenvalue weighted by Crippen LogP contribution is -2.20. The van der Waals surface area contributed by atoms with E-state index < -0.39 is 0 Å². The number of fused-ring (bicyclic) bond motifs is 1. The van der Waals surface area contributed by atoms with Crippen LogP contribution in [0, 0.1) is 0 Å². The van der Waals surface area contributed by atoms with Gasteiger partial charge in [0.05, 0.1) is 0 Å². The minimum atomic E-state index is 0.0140. The van der Waals surface area contributed by atoms with Crippen molar-refractivity contribution in [3.8, 4) is 0 Å². The summed E-state index contributed by atoms with van der Waals surface area (Å²) in [6.45, 7) is 4.41. The largest absolute Gasteiger partial charge is 0.324 e. The van der Waals surface area contributed by atoms with Crippen molar-refractivity contribution >= 4 is 11.6 Å². The third-order valence-electron chi connectivity index (χ3n) is 4.32.